The minimum absolute atomic E-state index is 0.123. The number of aliphatic hydroxyl groups is 1. The molecule has 3 aliphatic heterocycles. The molecule has 1 aromatic rings. The smallest absolute Gasteiger partial charge is 0.393 e. The molecule has 0 aromatic heterocycles. The van der Waals surface area contributed by atoms with Crippen molar-refractivity contribution in [2.75, 3.05) is 11.5 Å². The number of rotatable bonds is 2. The fraction of sp³-hybridized carbons (Fsp3) is 0.375. The fourth-order valence-electron chi connectivity index (χ4n) is 3.76. The lowest BCUT2D eigenvalue weighted by Crippen LogP contribution is -2.43. The van der Waals surface area contributed by atoms with Gasteiger partial charge in [0.1, 0.15) is 5.60 Å². The number of alkyl halides is 3. The van der Waals surface area contributed by atoms with Crippen molar-refractivity contribution < 1.29 is 32.6 Å². The lowest BCUT2D eigenvalue weighted by molar-refractivity contribution is -0.138. The molecule has 0 spiro atoms. The summed E-state index contributed by atoms with van der Waals surface area (Å²) in [5.41, 5.74) is -2.33. The number of fused-ring (bicyclic) bond motifs is 5. The molecule has 2 amide bonds. The number of anilines is 1. The number of hydrogen-bond donors (Lipinski definition) is 1. The molecular formula is C16H12F3NO4. The highest BCUT2D eigenvalue weighted by Gasteiger charge is 2.67. The van der Waals surface area contributed by atoms with Crippen LogP contribution in [-0.4, -0.2) is 35.2 Å². The molecule has 0 saturated carbocycles. The first kappa shape index (κ1) is 15.3. The molecule has 2 fully saturated rings. The summed E-state index contributed by atoms with van der Waals surface area (Å²) in [5.74, 6) is -2.98. The van der Waals surface area contributed by atoms with E-state index in [0.717, 1.165) is 23.1 Å². The number of aliphatic hydroxyl groups excluding tert-OH is 1. The van der Waals surface area contributed by atoms with Crippen LogP contribution in [0.3, 0.4) is 0 Å². The lowest BCUT2D eigenvalue weighted by atomic mass is 9.77. The van der Waals surface area contributed by atoms with Crippen LogP contribution in [0.2, 0.25) is 0 Å². The van der Waals surface area contributed by atoms with Crippen LogP contribution in [0.5, 0.6) is 0 Å². The fourth-order valence-corrected chi connectivity index (χ4v) is 3.76. The van der Waals surface area contributed by atoms with Gasteiger partial charge in [0.2, 0.25) is 11.8 Å². The standard InChI is InChI=1S/C16H12F3NO4/c17-16(18,19)8-2-1-3-9(6-8)20-13(22)11-10-4-5-15(7-21,24-10)12(11)14(20)23/h1-6,10-12,21H,7H2/t10-,11+,12+,15-/m1/s1. The molecular weight excluding hydrogens is 327 g/mol. The van der Waals surface area contributed by atoms with Crippen LogP contribution < -0.4 is 4.90 Å². The largest absolute Gasteiger partial charge is 0.416 e. The highest BCUT2D eigenvalue weighted by Crippen LogP contribution is 2.52. The molecule has 4 rings (SSSR count). The number of amides is 2. The number of benzene rings is 1. The Kier molecular flexibility index (Phi) is 2.99. The molecule has 2 saturated heterocycles. The quantitative estimate of drug-likeness (QED) is 0.655. The van der Waals surface area contributed by atoms with E-state index in [4.69, 9.17) is 4.74 Å². The molecule has 8 heteroatoms. The third kappa shape index (κ3) is 1.83. The van der Waals surface area contributed by atoms with E-state index in [-0.39, 0.29) is 5.69 Å². The normalized spacial score (nSPS) is 34.3. The van der Waals surface area contributed by atoms with Crippen LogP contribution in [-0.2, 0) is 20.5 Å². The second-order valence-corrected chi connectivity index (χ2v) is 6.12. The Hall–Kier alpha value is -2.19. The summed E-state index contributed by atoms with van der Waals surface area (Å²) < 4.78 is 44.2. The summed E-state index contributed by atoms with van der Waals surface area (Å²) in [4.78, 5) is 26.1. The van der Waals surface area contributed by atoms with Crippen LogP contribution in [0.4, 0.5) is 18.9 Å². The van der Waals surface area contributed by atoms with Crippen LogP contribution in [0.1, 0.15) is 5.56 Å². The van der Waals surface area contributed by atoms with E-state index < -0.39 is 53.7 Å². The number of hydrogen-bond acceptors (Lipinski definition) is 4. The zero-order valence-electron chi connectivity index (χ0n) is 12.2. The zero-order chi connectivity index (χ0) is 17.3. The van der Waals surface area contributed by atoms with E-state index in [1.54, 1.807) is 12.2 Å². The lowest BCUT2D eigenvalue weighted by Gasteiger charge is -2.26. The van der Waals surface area contributed by atoms with Crippen molar-refractivity contribution in [3.05, 3.63) is 42.0 Å². The van der Waals surface area contributed by atoms with Gasteiger partial charge in [0.05, 0.1) is 35.8 Å². The van der Waals surface area contributed by atoms with E-state index in [9.17, 15) is 27.9 Å². The maximum Gasteiger partial charge on any atom is 0.416 e. The van der Waals surface area contributed by atoms with E-state index >= 15 is 0 Å². The Labute approximate surface area is 134 Å². The highest BCUT2D eigenvalue weighted by atomic mass is 19.4. The number of halogens is 3. The monoisotopic (exact) mass is 339 g/mol. The molecule has 3 heterocycles. The highest BCUT2D eigenvalue weighted by molar-refractivity contribution is 6.23. The number of carbonyl (C=O) groups is 2. The molecule has 1 N–H and O–H groups in total. The summed E-state index contributed by atoms with van der Waals surface area (Å²) in [5, 5.41) is 9.59. The van der Waals surface area contributed by atoms with Crippen molar-refractivity contribution >= 4 is 17.5 Å². The van der Waals surface area contributed by atoms with E-state index in [1.165, 1.54) is 6.07 Å². The number of nitrogens with zero attached hydrogens (tertiary/aromatic N) is 1. The van der Waals surface area contributed by atoms with Gasteiger partial charge in [0.15, 0.2) is 0 Å². The average Bonchev–Trinajstić information content (AvgIpc) is 3.18. The Morgan fingerprint density at radius 3 is 2.67 bits per heavy atom. The number of carbonyl (C=O) groups excluding carboxylic acids is 2. The number of imide groups is 1. The van der Waals surface area contributed by atoms with Gasteiger partial charge in [-0.15, -0.1) is 0 Å². The predicted molar refractivity (Wildman–Crippen MR) is 74.7 cm³/mol. The first-order valence-electron chi connectivity index (χ1n) is 7.32. The van der Waals surface area contributed by atoms with Gasteiger partial charge in [-0.3, -0.25) is 9.59 Å². The molecule has 126 valence electrons. The van der Waals surface area contributed by atoms with Crippen molar-refractivity contribution in [3.8, 4) is 0 Å². The van der Waals surface area contributed by atoms with Gasteiger partial charge in [-0.25, -0.2) is 4.90 Å². The maximum absolute atomic E-state index is 12.9. The number of ether oxygens (including phenoxy) is 1. The van der Waals surface area contributed by atoms with E-state index in [0.29, 0.717) is 0 Å². The molecule has 5 nitrogen and oxygen atoms in total. The average molecular weight is 339 g/mol. The van der Waals surface area contributed by atoms with Crippen molar-refractivity contribution in [3.63, 3.8) is 0 Å². The van der Waals surface area contributed by atoms with Gasteiger partial charge in [-0.1, -0.05) is 18.2 Å². The summed E-state index contributed by atoms with van der Waals surface area (Å²) in [6, 6.07) is 4.09. The van der Waals surface area contributed by atoms with Gasteiger partial charge in [-0.2, -0.15) is 13.2 Å². The molecule has 1 aromatic carbocycles. The predicted octanol–water partition coefficient (Wildman–Crippen LogP) is 1.51. The first-order valence-corrected chi connectivity index (χ1v) is 7.32. The second-order valence-electron chi connectivity index (χ2n) is 6.12. The van der Waals surface area contributed by atoms with Crippen molar-refractivity contribution in [1.82, 2.24) is 0 Å². The summed E-state index contributed by atoms with van der Waals surface area (Å²) in [6.07, 6.45) is -2.06. The minimum atomic E-state index is -4.58. The molecule has 24 heavy (non-hydrogen) atoms. The van der Waals surface area contributed by atoms with Crippen LogP contribution in [0, 0.1) is 11.8 Å². The third-order valence-electron chi connectivity index (χ3n) is 4.83. The Morgan fingerprint density at radius 1 is 1.25 bits per heavy atom. The molecule has 4 atom stereocenters. The summed E-state index contributed by atoms with van der Waals surface area (Å²) >= 11 is 0. The second kappa shape index (κ2) is 4.67. The molecule has 3 aliphatic rings. The van der Waals surface area contributed by atoms with E-state index in [2.05, 4.69) is 0 Å². The van der Waals surface area contributed by atoms with Gasteiger partial charge < -0.3 is 9.84 Å². The summed E-state index contributed by atoms with van der Waals surface area (Å²) in [7, 11) is 0. The van der Waals surface area contributed by atoms with Crippen LogP contribution in [0.25, 0.3) is 0 Å². The van der Waals surface area contributed by atoms with Crippen molar-refractivity contribution in [2.24, 2.45) is 11.8 Å². The van der Waals surface area contributed by atoms with Gasteiger partial charge in [0.25, 0.3) is 0 Å². The van der Waals surface area contributed by atoms with Crippen LogP contribution in [0.15, 0.2) is 36.4 Å². The molecule has 2 bridgehead atoms. The molecule has 0 aliphatic carbocycles. The van der Waals surface area contributed by atoms with Crippen molar-refractivity contribution in [1.29, 1.82) is 0 Å². The van der Waals surface area contributed by atoms with Crippen LogP contribution >= 0.6 is 0 Å². The Balaban J connectivity index is 1.75. The first-order chi connectivity index (χ1) is 11.3. The van der Waals surface area contributed by atoms with E-state index in [1.807, 2.05) is 0 Å². The van der Waals surface area contributed by atoms with Gasteiger partial charge >= 0.3 is 6.18 Å². The van der Waals surface area contributed by atoms with Gasteiger partial charge in [0, 0.05) is 0 Å². The maximum atomic E-state index is 12.9. The molecule has 0 radical (unpaired) electrons. The van der Waals surface area contributed by atoms with Crippen molar-refractivity contribution in [2.45, 2.75) is 17.9 Å². The Bertz CT molecular complexity index is 775. The third-order valence-corrected chi connectivity index (χ3v) is 4.83. The zero-order valence-corrected chi connectivity index (χ0v) is 12.2. The minimum Gasteiger partial charge on any atom is -0.393 e. The van der Waals surface area contributed by atoms with Gasteiger partial charge in [-0.05, 0) is 18.2 Å². The molecule has 0 unspecified atom stereocenters. The Morgan fingerprint density at radius 2 is 2.00 bits per heavy atom. The topological polar surface area (TPSA) is 66.8 Å². The summed E-state index contributed by atoms with van der Waals surface area (Å²) in [6.45, 7) is -0.476. The SMILES string of the molecule is O=C1[C@@H]2[C@@H](C(=O)N1c1cccc(C(F)(F)F)c1)[C@]1(CO)C=C[C@H]2O1.